The fraction of sp³-hybridized carbons (Fsp3) is 0.500. The SMILES string of the molecule is CC1(O)CCCN(CC(=O)c2cccc(F)c2)C1. The Hall–Kier alpha value is -1.26. The Balaban J connectivity index is 1.99. The van der Waals surface area contributed by atoms with E-state index >= 15 is 0 Å². The third-order valence-corrected chi connectivity index (χ3v) is 3.27. The van der Waals surface area contributed by atoms with Crippen molar-refractivity contribution >= 4 is 5.78 Å². The molecule has 0 spiro atoms. The molecule has 0 amide bonds. The summed E-state index contributed by atoms with van der Waals surface area (Å²) < 4.78 is 13.0. The quantitative estimate of drug-likeness (QED) is 0.834. The molecule has 1 fully saturated rings. The van der Waals surface area contributed by atoms with E-state index in [9.17, 15) is 14.3 Å². The molecule has 1 atom stereocenters. The molecule has 98 valence electrons. The number of halogens is 1. The summed E-state index contributed by atoms with van der Waals surface area (Å²) >= 11 is 0. The van der Waals surface area contributed by atoms with Gasteiger partial charge in [-0.05, 0) is 38.4 Å². The molecule has 1 N–H and O–H groups in total. The number of hydrogen-bond acceptors (Lipinski definition) is 3. The van der Waals surface area contributed by atoms with Crippen molar-refractivity contribution < 1.29 is 14.3 Å². The van der Waals surface area contributed by atoms with Gasteiger partial charge in [0, 0.05) is 12.1 Å². The van der Waals surface area contributed by atoms with Crippen LogP contribution in [0, 0.1) is 5.82 Å². The number of benzene rings is 1. The molecule has 1 aromatic rings. The first-order valence-electron chi connectivity index (χ1n) is 6.20. The zero-order valence-corrected chi connectivity index (χ0v) is 10.5. The van der Waals surface area contributed by atoms with Crippen molar-refractivity contribution in [1.82, 2.24) is 4.90 Å². The number of ketones is 1. The molecule has 1 unspecified atom stereocenters. The second-order valence-corrected chi connectivity index (χ2v) is 5.24. The van der Waals surface area contributed by atoms with Gasteiger partial charge in [-0.1, -0.05) is 12.1 Å². The van der Waals surface area contributed by atoms with Crippen molar-refractivity contribution in [2.75, 3.05) is 19.6 Å². The van der Waals surface area contributed by atoms with Crippen molar-refractivity contribution in [3.8, 4) is 0 Å². The summed E-state index contributed by atoms with van der Waals surface area (Å²) in [5, 5.41) is 9.96. The molecular weight excluding hydrogens is 233 g/mol. The van der Waals surface area contributed by atoms with Gasteiger partial charge < -0.3 is 5.11 Å². The fourth-order valence-electron chi connectivity index (χ4n) is 2.41. The highest BCUT2D eigenvalue weighted by atomic mass is 19.1. The van der Waals surface area contributed by atoms with Gasteiger partial charge in [0.1, 0.15) is 5.82 Å². The molecular formula is C14H18FNO2. The Bertz CT molecular complexity index is 445. The van der Waals surface area contributed by atoms with Crippen molar-refractivity contribution in [1.29, 1.82) is 0 Å². The molecule has 0 saturated carbocycles. The predicted octanol–water partition coefficient (Wildman–Crippen LogP) is 1.86. The second kappa shape index (κ2) is 5.16. The molecule has 0 aromatic heterocycles. The van der Waals surface area contributed by atoms with Crippen LogP contribution in [0.4, 0.5) is 4.39 Å². The van der Waals surface area contributed by atoms with Crippen molar-refractivity contribution in [3.63, 3.8) is 0 Å². The van der Waals surface area contributed by atoms with E-state index in [1.165, 1.54) is 18.2 Å². The summed E-state index contributed by atoms with van der Waals surface area (Å²) in [6.07, 6.45) is 1.64. The van der Waals surface area contributed by atoms with E-state index < -0.39 is 11.4 Å². The van der Waals surface area contributed by atoms with Gasteiger partial charge in [-0.3, -0.25) is 9.69 Å². The van der Waals surface area contributed by atoms with Gasteiger partial charge in [0.25, 0.3) is 0 Å². The minimum Gasteiger partial charge on any atom is -0.389 e. The average molecular weight is 251 g/mol. The average Bonchev–Trinajstić information content (AvgIpc) is 2.27. The Labute approximate surface area is 106 Å². The standard InChI is InChI=1S/C14H18FNO2/c1-14(18)6-3-7-16(10-14)9-13(17)11-4-2-5-12(15)8-11/h2,4-5,8,18H,3,6-7,9-10H2,1H3. The topological polar surface area (TPSA) is 40.5 Å². The second-order valence-electron chi connectivity index (χ2n) is 5.24. The Morgan fingerprint density at radius 2 is 2.33 bits per heavy atom. The number of rotatable bonds is 3. The highest BCUT2D eigenvalue weighted by molar-refractivity contribution is 5.97. The molecule has 2 rings (SSSR count). The lowest BCUT2D eigenvalue weighted by Crippen LogP contribution is -2.47. The molecule has 4 heteroatoms. The van der Waals surface area contributed by atoms with Crippen LogP contribution in [-0.2, 0) is 0 Å². The van der Waals surface area contributed by atoms with Crippen LogP contribution in [0.3, 0.4) is 0 Å². The van der Waals surface area contributed by atoms with Gasteiger partial charge in [-0.2, -0.15) is 0 Å². The van der Waals surface area contributed by atoms with Gasteiger partial charge in [-0.15, -0.1) is 0 Å². The summed E-state index contributed by atoms with van der Waals surface area (Å²) in [6.45, 7) is 3.32. The summed E-state index contributed by atoms with van der Waals surface area (Å²) in [5.41, 5.74) is -0.333. The maximum atomic E-state index is 13.0. The Kier molecular flexibility index (Phi) is 3.78. The highest BCUT2D eigenvalue weighted by Gasteiger charge is 2.29. The minimum absolute atomic E-state index is 0.104. The van der Waals surface area contributed by atoms with Gasteiger partial charge in [-0.25, -0.2) is 4.39 Å². The molecule has 0 radical (unpaired) electrons. The maximum Gasteiger partial charge on any atom is 0.176 e. The van der Waals surface area contributed by atoms with Crippen molar-refractivity contribution in [3.05, 3.63) is 35.6 Å². The third-order valence-electron chi connectivity index (χ3n) is 3.27. The third kappa shape index (κ3) is 3.37. The lowest BCUT2D eigenvalue weighted by Gasteiger charge is -2.36. The van der Waals surface area contributed by atoms with E-state index in [4.69, 9.17) is 0 Å². The number of hydrogen-bond donors (Lipinski definition) is 1. The first kappa shape index (κ1) is 13.2. The smallest absolute Gasteiger partial charge is 0.176 e. The number of piperidine rings is 1. The van der Waals surface area contributed by atoms with E-state index in [1.54, 1.807) is 13.0 Å². The zero-order chi connectivity index (χ0) is 13.2. The van der Waals surface area contributed by atoms with Crippen LogP contribution in [0.25, 0.3) is 0 Å². The van der Waals surface area contributed by atoms with Crippen LogP contribution in [0.15, 0.2) is 24.3 Å². The number of nitrogens with zero attached hydrogens (tertiary/aromatic N) is 1. The van der Waals surface area contributed by atoms with Crippen molar-refractivity contribution in [2.24, 2.45) is 0 Å². The van der Waals surface area contributed by atoms with Gasteiger partial charge in [0.15, 0.2) is 5.78 Å². The fourth-order valence-corrected chi connectivity index (χ4v) is 2.41. The Morgan fingerprint density at radius 1 is 1.56 bits per heavy atom. The van der Waals surface area contributed by atoms with E-state index in [0.717, 1.165) is 19.4 Å². The molecule has 1 heterocycles. The molecule has 3 nitrogen and oxygen atoms in total. The highest BCUT2D eigenvalue weighted by Crippen LogP contribution is 2.20. The normalized spacial score (nSPS) is 25.1. The van der Waals surface area contributed by atoms with Crippen LogP contribution in [0.2, 0.25) is 0 Å². The van der Waals surface area contributed by atoms with Crippen LogP contribution in [-0.4, -0.2) is 41.0 Å². The monoisotopic (exact) mass is 251 g/mol. The summed E-state index contributed by atoms with van der Waals surface area (Å²) in [7, 11) is 0. The molecule has 18 heavy (non-hydrogen) atoms. The summed E-state index contributed by atoms with van der Waals surface area (Å²) in [4.78, 5) is 13.9. The van der Waals surface area contributed by atoms with Crippen LogP contribution in [0.5, 0.6) is 0 Å². The summed E-state index contributed by atoms with van der Waals surface area (Å²) in [6, 6.07) is 5.73. The van der Waals surface area contributed by atoms with Gasteiger partial charge in [0.05, 0.1) is 12.1 Å². The number of β-amino-alcohol motifs (C(OH)–C–C–N with tert-alkyl or cyclic N) is 1. The van der Waals surface area contributed by atoms with Crippen LogP contribution in [0.1, 0.15) is 30.1 Å². The first-order chi connectivity index (χ1) is 8.46. The van der Waals surface area contributed by atoms with Crippen LogP contribution >= 0.6 is 0 Å². The van der Waals surface area contributed by atoms with Crippen LogP contribution < -0.4 is 0 Å². The molecule has 1 aliphatic rings. The van der Waals surface area contributed by atoms with E-state index in [1.807, 2.05) is 4.90 Å². The van der Waals surface area contributed by atoms with E-state index in [0.29, 0.717) is 12.1 Å². The van der Waals surface area contributed by atoms with E-state index in [-0.39, 0.29) is 12.3 Å². The zero-order valence-electron chi connectivity index (χ0n) is 10.5. The lowest BCUT2D eigenvalue weighted by molar-refractivity contribution is -0.0133. The van der Waals surface area contributed by atoms with Crippen molar-refractivity contribution in [2.45, 2.75) is 25.4 Å². The van der Waals surface area contributed by atoms with E-state index in [2.05, 4.69) is 0 Å². The number of aliphatic hydroxyl groups is 1. The molecule has 1 saturated heterocycles. The Morgan fingerprint density at radius 3 is 3.00 bits per heavy atom. The summed E-state index contributed by atoms with van der Waals surface area (Å²) in [5.74, 6) is -0.501. The number of likely N-dealkylation sites (tertiary alicyclic amines) is 1. The van der Waals surface area contributed by atoms with Gasteiger partial charge in [0.2, 0.25) is 0 Å². The maximum absolute atomic E-state index is 13.0. The lowest BCUT2D eigenvalue weighted by atomic mass is 9.95. The predicted molar refractivity (Wildman–Crippen MR) is 67.0 cm³/mol. The number of Topliss-reactive ketones (excluding diaryl/α,β-unsaturated/α-hetero) is 1. The first-order valence-corrected chi connectivity index (χ1v) is 6.20. The molecule has 1 aliphatic heterocycles. The minimum atomic E-state index is -0.722. The molecule has 0 aliphatic carbocycles. The molecule has 0 bridgehead atoms. The largest absolute Gasteiger partial charge is 0.389 e. The molecule has 1 aromatic carbocycles. The number of carbonyl (C=O) groups excluding carboxylic acids is 1. The number of carbonyl (C=O) groups is 1. The van der Waals surface area contributed by atoms with Gasteiger partial charge >= 0.3 is 0 Å².